The van der Waals surface area contributed by atoms with Crippen molar-refractivity contribution in [1.29, 1.82) is 0 Å². The van der Waals surface area contributed by atoms with Gasteiger partial charge in [0.25, 0.3) is 0 Å². The Labute approximate surface area is 232 Å². The Balaban J connectivity index is 1.20. The molecular formula is C35H27N3O2. The van der Waals surface area contributed by atoms with Crippen LogP contribution in [0.5, 0.6) is 5.75 Å². The van der Waals surface area contributed by atoms with E-state index in [2.05, 4.69) is 107 Å². The molecule has 2 aromatic heterocycles. The van der Waals surface area contributed by atoms with E-state index >= 15 is 0 Å². The zero-order chi connectivity index (χ0) is 27.1. The topological polar surface area (TPSA) is 53.1 Å². The molecule has 0 saturated carbocycles. The van der Waals surface area contributed by atoms with E-state index in [1.807, 2.05) is 43.3 Å². The van der Waals surface area contributed by atoms with E-state index in [4.69, 9.17) is 9.15 Å². The molecule has 0 saturated heterocycles. The third-order valence-corrected chi connectivity index (χ3v) is 7.30. The summed E-state index contributed by atoms with van der Waals surface area (Å²) >= 11 is 0. The first-order chi connectivity index (χ1) is 19.6. The van der Waals surface area contributed by atoms with Crippen molar-refractivity contribution >= 4 is 21.8 Å². The third-order valence-electron chi connectivity index (χ3n) is 7.30. The Morgan fingerprint density at radius 1 is 0.650 bits per heavy atom. The van der Waals surface area contributed by atoms with E-state index in [1.54, 1.807) is 0 Å². The predicted octanol–water partition coefficient (Wildman–Crippen LogP) is 8.95. The molecule has 0 fully saturated rings. The number of aromatic nitrogens is 3. The minimum Gasteiger partial charge on any atom is -0.486 e. The monoisotopic (exact) mass is 521 g/mol. The number of rotatable bonds is 6. The number of nitrogens with zero attached hydrogens (tertiary/aromatic N) is 3. The van der Waals surface area contributed by atoms with E-state index in [9.17, 15) is 0 Å². The summed E-state index contributed by atoms with van der Waals surface area (Å²) in [6.45, 7) is 4.13. The molecule has 7 aromatic rings. The average molecular weight is 522 g/mol. The van der Waals surface area contributed by atoms with Crippen LogP contribution >= 0.6 is 0 Å². The van der Waals surface area contributed by atoms with Crippen molar-refractivity contribution < 1.29 is 9.15 Å². The van der Waals surface area contributed by atoms with Gasteiger partial charge in [-0.1, -0.05) is 78.4 Å². The fourth-order valence-corrected chi connectivity index (χ4v) is 5.25. The van der Waals surface area contributed by atoms with Gasteiger partial charge in [-0.15, -0.1) is 10.2 Å². The lowest BCUT2D eigenvalue weighted by atomic mass is 10.1. The largest absolute Gasteiger partial charge is 0.486 e. The highest BCUT2D eigenvalue weighted by atomic mass is 16.5. The summed E-state index contributed by atoms with van der Waals surface area (Å²) < 4.78 is 14.7. The number of fused-ring (bicyclic) bond motifs is 3. The number of hydrogen-bond acceptors (Lipinski definition) is 4. The van der Waals surface area contributed by atoms with Crippen LogP contribution in [0.15, 0.2) is 126 Å². The average Bonchev–Trinajstić information content (AvgIpc) is 3.62. The highest BCUT2D eigenvalue weighted by Gasteiger charge is 2.15. The Kier molecular flexibility index (Phi) is 5.90. The number of benzene rings is 5. The predicted molar refractivity (Wildman–Crippen MR) is 160 cm³/mol. The molecule has 5 nitrogen and oxygen atoms in total. The summed E-state index contributed by atoms with van der Waals surface area (Å²) in [5.41, 5.74) is 7.37. The Bertz CT molecular complexity index is 1910. The van der Waals surface area contributed by atoms with Crippen molar-refractivity contribution in [1.82, 2.24) is 14.8 Å². The standard InChI is InChI=1S/C35H27N3O2/c1-23-17-19-25(20-18-23)24(2)39-29-12-8-10-27(22-29)35-37-36-34(40-35)26-9-7-11-28(21-26)38-32-15-5-3-13-30(32)31-14-4-6-16-33(31)38/h3-22,24H,1-2H3. The number of aryl methyl sites for hydroxylation is 1. The van der Waals surface area contributed by atoms with Gasteiger partial charge in [0, 0.05) is 27.6 Å². The molecule has 1 atom stereocenters. The molecule has 7 rings (SSSR count). The molecular weight excluding hydrogens is 494 g/mol. The van der Waals surface area contributed by atoms with Crippen molar-refractivity contribution in [2.24, 2.45) is 0 Å². The second-order valence-electron chi connectivity index (χ2n) is 10.0. The highest BCUT2D eigenvalue weighted by molar-refractivity contribution is 6.09. The van der Waals surface area contributed by atoms with Crippen molar-refractivity contribution in [3.63, 3.8) is 0 Å². The first-order valence-corrected chi connectivity index (χ1v) is 13.4. The molecule has 0 radical (unpaired) electrons. The van der Waals surface area contributed by atoms with Crippen LogP contribution < -0.4 is 4.74 Å². The minimum atomic E-state index is -0.0855. The van der Waals surface area contributed by atoms with Gasteiger partial charge in [-0.05, 0) is 67.9 Å². The Hall–Kier alpha value is -5.16. The first-order valence-electron chi connectivity index (χ1n) is 13.4. The second-order valence-corrected chi connectivity index (χ2v) is 10.0. The van der Waals surface area contributed by atoms with Crippen molar-refractivity contribution in [2.45, 2.75) is 20.0 Å². The van der Waals surface area contributed by atoms with Gasteiger partial charge < -0.3 is 13.7 Å². The molecule has 2 heterocycles. The fraction of sp³-hybridized carbons (Fsp3) is 0.0857. The molecule has 5 heteroatoms. The van der Waals surface area contributed by atoms with E-state index in [1.165, 1.54) is 16.3 Å². The molecule has 1 unspecified atom stereocenters. The van der Waals surface area contributed by atoms with Crippen LogP contribution in [0, 0.1) is 6.92 Å². The van der Waals surface area contributed by atoms with E-state index < -0.39 is 0 Å². The fourth-order valence-electron chi connectivity index (χ4n) is 5.25. The smallest absolute Gasteiger partial charge is 0.248 e. The molecule has 5 aromatic carbocycles. The molecule has 0 N–H and O–H groups in total. The molecule has 0 spiro atoms. The van der Waals surface area contributed by atoms with E-state index in [0.717, 1.165) is 39.2 Å². The second kappa shape index (κ2) is 9.86. The van der Waals surface area contributed by atoms with Crippen molar-refractivity contribution in [3.8, 4) is 34.3 Å². The summed E-state index contributed by atoms with van der Waals surface area (Å²) in [5.74, 6) is 1.67. The quantitative estimate of drug-likeness (QED) is 0.219. The molecule has 0 aliphatic carbocycles. The molecule has 40 heavy (non-hydrogen) atoms. The van der Waals surface area contributed by atoms with Crippen LogP contribution in [0.25, 0.3) is 50.4 Å². The summed E-state index contributed by atoms with van der Waals surface area (Å²) in [6, 6.07) is 41.4. The van der Waals surface area contributed by atoms with Gasteiger partial charge in [0.15, 0.2) is 0 Å². The van der Waals surface area contributed by atoms with Gasteiger partial charge in [0.1, 0.15) is 11.9 Å². The molecule has 194 valence electrons. The highest BCUT2D eigenvalue weighted by Crippen LogP contribution is 2.34. The van der Waals surface area contributed by atoms with Crippen LogP contribution in [0.1, 0.15) is 24.2 Å². The first kappa shape index (κ1) is 23.9. The lowest BCUT2D eigenvalue weighted by Crippen LogP contribution is -2.03. The van der Waals surface area contributed by atoms with E-state index in [0.29, 0.717) is 11.8 Å². The number of ether oxygens (including phenoxy) is 1. The molecule has 0 aliphatic heterocycles. The summed E-state index contributed by atoms with van der Waals surface area (Å²) in [7, 11) is 0. The Morgan fingerprint density at radius 3 is 1.93 bits per heavy atom. The Morgan fingerprint density at radius 2 is 1.25 bits per heavy atom. The maximum Gasteiger partial charge on any atom is 0.248 e. The lowest BCUT2D eigenvalue weighted by molar-refractivity contribution is 0.227. The SMILES string of the molecule is Cc1ccc(C(C)Oc2cccc(-c3nnc(-c4cccc(-n5c6ccccc6c6ccccc65)c4)o3)c2)cc1. The van der Waals surface area contributed by atoms with E-state index in [-0.39, 0.29) is 6.10 Å². The third kappa shape index (κ3) is 4.31. The van der Waals surface area contributed by atoms with Crippen LogP contribution in [0.3, 0.4) is 0 Å². The van der Waals surface area contributed by atoms with Crippen LogP contribution in [0.2, 0.25) is 0 Å². The summed E-state index contributed by atoms with van der Waals surface area (Å²) in [5, 5.41) is 11.2. The van der Waals surface area contributed by atoms with Crippen LogP contribution in [-0.4, -0.2) is 14.8 Å². The molecule has 0 amide bonds. The van der Waals surface area contributed by atoms with Gasteiger partial charge in [-0.2, -0.15) is 0 Å². The van der Waals surface area contributed by atoms with Crippen molar-refractivity contribution in [2.75, 3.05) is 0 Å². The van der Waals surface area contributed by atoms with Gasteiger partial charge in [0.05, 0.1) is 11.0 Å². The van der Waals surface area contributed by atoms with Crippen LogP contribution in [-0.2, 0) is 0 Å². The van der Waals surface area contributed by atoms with Crippen LogP contribution in [0.4, 0.5) is 0 Å². The minimum absolute atomic E-state index is 0.0855. The van der Waals surface area contributed by atoms with Gasteiger partial charge in [-0.3, -0.25) is 0 Å². The maximum atomic E-state index is 6.23. The number of hydrogen-bond donors (Lipinski definition) is 0. The maximum absolute atomic E-state index is 6.23. The molecule has 0 bridgehead atoms. The lowest BCUT2D eigenvalue weighted by Gasteiger charge is -2.15. The summed E-state index contributed by atoms with van der Waals surface area (Å²) in [4.78, 5) is 0. The van der Waals surface area contributed by atoms with Gasteiger partial charge in [-0.25, -0.2) is 0 Å². The zero-order valence-electron chi connectivity index (χ0n) is 22.3. The van der Waals surface area contributed by atoms with Gasteiger partial charge in [0.2, 0.25) is 11.8 Å². The molecule has 0 aliphatic rings. The van der Waals surface area contributed by atoms with Crippen molar-refractivity contribution in [3.05, 3.63) is 132 Å². The zero-order valence-corrected chi connectivity index (χ0v) is 22.3. The normalized spacial score (nSPS) is 12.2. The van der Waals surface area contributed by atoms with Gasteiger partial charge >= 0.3 is 0 Å². The summed E-state index contributed by atoms with van der Waals surface area (Å²) in [6.07, 6.45) is -0.0855. The number of para-hydroxylation sites is 2.